The minimum Gasteiger partial charge on any atom is -0.371 e. The van der Waals surface area contributed by atoms with Crippen LogP contribution in [0.15, 0.2) is 24.3 Å². The second-order valence-corrected chi connectivity index (χ2v) is 7.26. The lowest BCUT2D eigenvalue weighted by molar-refractivity contribution is -0.159. The normalized spacial score (nSPS) is 21.9. The molecule has 2 saturated heterocycles. The molecule has 1 unspecified atom stereocenters. The van der Waals surface area contributed by atoms with Crippen LogP contribution < -0.4 is 5.32 Å². The standard InChI is InChI=1S/C19H29N3O2/c1-15-6-4-5-7-16(15)17(21(2)3)18(23)22-12-13-24-19(14-22)8-10-20-11-9-19/h4-7,17,20H,8-14H2,1-3H3. The van der Waals surface area contributed by atoms with E-state index in [2.05, 4.69) is 24.4 Å². The molecule has 0 aliphatic carbocycles. The number of rotatable bonds is 3. The lowest BCUT2D eigenvalue weighted by Crippen LogP contribution is -2.58. The second-order valence-electron chi connectivity index (χ2n) is 7.26. The summed E-state index contributed by atoms with van der Waals surface area (Å²) in [5, 5.41) is 3.38. The molecule has 0 bridgehead atoms. The van der Waals surface area contributed by atoms with Gasteiger partial charge in [-0.3, -0.25) is 9.69 Å². The predicted octanol–water partition coefficient (Wildman–Crippen LogP) is 1.58. The Bertz CT molecular complexity index is 576. The quantitative estimate of drug-likeness (QED) is 0.913. The topological polar surface area (TPSA) is 44.8 Å². The van der Waals surface area contributed by atoms with E-state index in [-0.39, 0.29) is 17.6 Å². The van der Waals surface area contributed by atoms with Crippen LogP contribution in [0.1, 0.15) is 30.0 Å². The first kappa shape index (κ1) is 17.4. The van der Waals surface area contributed by atoms with Crippen LogP contribution >= 0.6 is 0 Å². The van der Waals surface area contributed by atoms with Gasteiger partial charge in [-0.25, -0.2) is 0 Å². The van der Waals surface area contributed by atoms with Gasteiger partial charge in [-0.1, -0.05) is 24.3 Å². The molecule has 1 spiro atoms. The molecule has 0 aromatic heterocycles. The number of aryl methyl sites for hydroxylation is 1. The number of hydrogen-bond donors (Lipinski definition) is 1. The highest BCUT2D eigenvalue weighted by Gasteiger charge is 2.41. The number of nitrogens with one attached hydrogen (secondary N) is 1. The van der Waals surface area contributed by atoms with Gasteiger partial charge in [0.05, 0.1) is 12.2 Å². The maximum absolute atomic E-state index is 13.3. The first-order valence-electron chi connectivity index (χ1n) is 8.88. The molecule has 2 heterocycles. The summed E-state index contributed by atoms with van der Waals surface area (Å²) in [6.45, 7) is 6.05. The molecule has 1 amide bonds. The fraction of sp³-hybridized carbons (Fsp3) is 0.632. The van der Waals surface area contributed by atoms with Crippen molar-refractivity contribution in [3.8, 4) is 0 Å². The molecule has 5 heteroatoms. The lowest BCUT2D eigenvalue weighted by atomic mass is 9.89. The Hall–Kier alpha value is -1.43. The third-order valence-electron chi connectivity index (χ3n) is 5.31. The Balaban J connectivity index is 1.81. The van der Waals surface area contributed by atoms with E-state index in [0.29, 0.717) is 19.7 Å². The van der Waals surface area contributed by atoms with Crippen molar-refractivity contribution < 1.29 is 9.53 Å². The van der Waals surface area contributed by atoms with Gasteiger partial charge in [0.25, 0.3) is 0 Å². The second kappa shape index (κ2) is 7.21. The molecule has 0 radical (unpaired) electrons. The summed E-state index contributed by atoms with van der Waals surface area (Å²) >= 11 is 0. The van der Waals surface area contributed by atoms with E-state index in [9.17, 15) is 4.79 Å². The number of hydrogen-bond acceptors (Lipinski definition) is 4. The summed E-state index contributed by atoms with van der Waals surface area (Å²) in [6, 6.07) is 7.95. The van der Waals surface area contributed by atoms with Crippen LogP contribution in [0, 0.1) is 6.92 Å². The van der Waals surface area contributed by atoms with Gasteiger partial charge in [-0.2, -0.15) is 0 Å². The molecule has 132 valence electrons. The zero-order chi connectivity index (χ0) is 17.2. The van der Waals surface area contributed by atoms with Crippen LogP contribution in [0.3, 0.4) is 0 Å². The highest BCUT2D eigenvalue weighted by atomic mass is 16.5. The molecule has 24 heavy (non-hydrogen) atoms. The molecular formula is C19H29N3O2. The first-order chi connectivity index (χ1) is 11.5. The largest absolute Gasteiger partial charge is 0.371 e. The van der Waals surface area contributed by atoms with Crippen LogP contribution in [0.25, 0.3) is 0 Å². The van der Waals surface area contributed by atoms with Gasteiger partial charge < -0.3 is 15.0 Å². The van der Waals surface area contributed by atoms with Gasteiger partial charge >= 0.3 is 0 Å². The summed E-state index contributed by atoms with van der Waals surface area (Å²) < 4.78 is 6.11. The number of piperidine rings is 1. The zero-order valence-electron chi connectivity index (χ0n) is 15.0. The van der Waals surface area contributed by atoms with Crippen molar-refractivity contribution in [3.05, 3.63) is 35.4 Å². The fourth-order valence-corrected chi connectivity index (χ4v) is 3.92. The van der Waals surface area contributed by atoms with Crippen LogP contribution in [-0.4, -0.2) is 68.2 Å². The van der Waals surface area contributed by atoms with Crippen molar-refractivity contribution in [2.75, 3.05) is 46.9 Å². The molecular weight excluding hydrogens is 302 g/mol. The van der Waals surface area contributed by atoms with Crippen molar-refractivity contribution >= 4 is 5.91 Å². The molecule has 2 aliphatic heterocycles. The number of morpholine rings is 1. The Kier molecular flexibility index (Phi) is 5.23. The summed E-state index contributed by atoms with van der Waals surface area (Å²) in [7, 11) is 3.96. The number of likely N-dealkylation sites (N-methyl/N-ethyl adjacent to an activating group) is 1. The minimum atomic E-state index is -0.233. The Labute approximate surface area is 145 Å². The number of benzene rings is 1. The molecule has 1 N–H and O–H groups in total. The minimum absolute atomic E-state index is 0.151. The molecule has 5 nitrogen and oxygen atoms in total. The van der Waals surface area contributed by atoms with Gasteiger partial charge in [0.15, 0.2) is 0 Å². The summed E-state index contributed by atoms with van der Waals surface area (Å²) in [5.41, 5.74) is 2.11. The highest BCUT2D eigenvalue weighted by molar-refractivity contribution is 5.84. The van der Waals surface area contributed by atoms with Gasteiger partial charge in [-0.15, -0.1) is 0 Å². The van der Waals surface area contributed by atoms with Crippen molar-refractivity contribution in [1.82, 2.24) is 15.1 Å². The average Bonchev–Trinajstić information content (AvgIpc) is 2.57. The number of amides is 1. The Morgan fingerprint density at radius 2 is 2.00 bits per heavy atom. The van der Waals surface area contributed by atoms with Gasteiger partial charge in [0.2, 0.25) is 5.91 Å². The third kappa shape index (κ3) is 3.48. The van der Waals surface area contributed by atoms with Crippen molar-refractivity contribution in [3.63, 3.8) is 0 Å². The van der Waals surface area contributed by atoms with Crippen LogP contribution in [-0.2, 0) is 9.53 Å². The molecule has 1 aromatic carbocycles. The van der Waals surface area contributed by atoms with E-state index in [1.165, 1.54) is 0 Å². The molecule has 1 atom stereocenters. The number of carbonyl (C=O) groups excluding carboxylic acids is 1. The molecule has 1 aromatic rings. The highest BCUT2D eigenvalue weighted by Crippen LogP contribution is 2.30. The maximum Gasteiger partial charge on any atom is 0.244 e. The van der Waals surface area contributed by atoms with E-state index >= 15 is 0 Å². The van der Waals surface area contributed by atoms with E-state index in [0.717, 1.165) is 37.1 Å². The van der Waals surface area contributed by atoms with Crippen molar-refractivity contribution in [1.29, 1.82) is 0 Å². The van der Waals surface area contributed by atoms with E-state index in [4.69, 9.17) is 4.74 Å². The van der Waals surface area contributed by atoms with Crippen molar-refractivity contribution in [2.45, 2.75) is 31.4 Å². The molecule has 3 rings (SSSR count). The summed E-state index contributed by atoms with van der Waals surface area (Å²) in [4.78, 5) is 17.4. The van der Waals surface area contributed by atoms with Gasteiger partial charge in [0, 0.05) is 13.1 Å². The Morgan fingerprint density at radius 3 is 2.67 bits per heavy atom. The summed E-state index contributed by atoms with van der Waals surface area (Å²) in [6.07, 6.45) is 1.96. The molecule has 2 aliphatic rings. The van der Waals surface area contributed by atoms with E-state index in [1.54, 1.807) is 0 Å². The van der Waals surface area contributed by atoms with Crippen LogP contribution in [0.4, 0.5) is 0 Å². The van der Waals surface area contributed by atoms with Crippen LogP contribution in [0.5, 0.6) is 0 Å². The number of carbonyl (C=O) groups is 1. The monoisotopic (exact) mass is 331 g/mol. The fourth-order valence-electron chi connectivity index (χ4n) is 3.92. The summed E-state index contributed by atoms with van der Waals surface area (Å²) in [5.74, 6) is 0.190. The SMILES string of the molecule is Cc1ccccc1C(C(=O)N1CCOC2(CCNCC2)C1)N(C)C. The smallest absolute Gasteiger partial charge is 0.244 e. The maximum atomic E-state index is 13.3. The number of nitrogens with zero attached hydrogens (tertiary/aromatic N) is 2. The van der Waals surface area contributed by atoms with E-state index in [1.807, 2.05) is 36.0 Å². The van der Waals surface area contributed by atoms with Crippen molar-refractivity contribution in [2.24, 2.45) is 0 Å². The number of ether oxygens (including phenoxy) is 1. The molecule has 2 fully saturated rings. The van der Waals surface area contributed by atoms with Gasteiger partial charge in [0.1, 0.15) is 6.04 Å². The third-order valence-corrected chi connectivity index (χ3v) is 5.31. The van der Waals surface area contributed by atoms with Crippen LogP contribution in [0.2, 0.25) is 0 Å². The first-order valence-corrected chi connectivity index (χ1v) is 8.88. The Morgan fingerprint density at radius 1 is 1.29 bits per heavy atom. The zero-order valence-corrected chi connectivity index (χ0v) is 15.0. The average molecular weight is 331 g/mol. The van der Waals surface area contributed by atoms with Gasteiger partial charge in [-0.05, 0) is 58.1 Å². The van der Waals surface area contributed by atoms with E-state index < -0.39 is 0 Å². The predicted molar refractivity (Wildman–Crippen MR) is 95.0 cm³/mol. The molecule has 0 saturated carbocycles. The lowest BCUT2D eigenvalue weighted by Gasteiger charge is -2.46.